The summed E-state index contributed by atoms with van der Waals surface area (Å²) in [6.45, 7) is 0. The summed E-state index contributed by atoms with van der Waals surface area (Å²) < 4.78 is 0.358. The number of benzene rings is 2. The fourth-order valence-electron chi connectivity index (χ4n) is 1.68. The molecule has 5 nitrogen and oxygen atoms in total. The molecule has 0 unspecified atom stereocenters. The lowest BCUT2D eigenvalue weighted by Gasteiger charge is -2.06. The lowest BCUT2D eigenvalue weighted by Crippen LogP contribution is -2.12. The molecule has 1 N–H and O–H groups in total. The quantitative estimate of drug-likeness (QED) is 0.495. The van der Waals surface area contributed by atoms with Crippen molar-refractivity contribution in [1.29, 1.82) is 0 Å². The zero-order chi connectivity index (χ0) is 15.4. The van der Waals surface area contributed by atoms with Crippen molar-refractivity contribution in [2.75, 3.05) is 5.32 Å². The van der Waals surface area contributed by atoms with Gasteiger partial charge in [0.25, 0.3) is 11.6 Å². The smallest absolute Gasteiger partial charge is 0.285 e. The van der Waals surface area contributed by atoms with Crippen LogP contribution in [-0.4, -0.2) is 10.8 Å². The highest BCUT2D eigenvalue weighted by Crippen LogP contribution is 2.28. The number of hydrogen-bond donors (Lipinski definition) is 1. The zero-order valence-electron chi connectivity index (χ0n) is 10.7. The highest BCUT2D eigenvalue weighted by atomic mass is 79.9. The van der Waals surface area contributed by atoms with Gasteiger partial charge in [-0.3, -0.25) is 14.9 Å². The average molecular weight is 370 g/mol. The molecule has 0 saturated carbocycles. The topological polar surface area (TPSA) is 72.2 Å². The maximum absolute atomic E-state index is 12.1. The third kappa shape index (κ3) is 3.80. The minimum atomic E-state index is -0.519. The van der Waals surface area contributed by atoms with Crippen molar-refractivity contribution in [3.8, 4) is 0 Å². The molecular formula is C14H10BrClN2O3. The molecule has 0 fully saturated rings. The standard InChI is InChI=1S/C14H10BrClN2O3/c15-12-6-5-11(7-13(12)18(20)21)17-14(19)10-3-1-9(8-16)2-4-10/h1-7H,8H2,(H,17,19). The Morgan fingerprint density at radius 1 is 1.24 bits per heavy atom. The number of nitrogens with zero attached hydrogens (tertiary/aromatic N) is 1. The number of alkyl halides is 1. The van der Waals surface area contributed by atoms with E-state index >= 15 is 0 Å². The summed E-state index contributed by atoms with van der Waals surface area (Å²) in [6.07, 6.45) is 0. The number of nitro benzene ring substituents is 1. The summed E-state index contributed by atoms with van der Waals surface area (Å²) in [5.74, 6) is 0.0357. The van der Waals surface area contributed by atoms with Gasteiger partial charge in [0, 0.05) is 23.2 Å². The van der Waals surface area contributed by atoms with Crippen LogP contribution in [0.15, 0.2) is 46.9 Å². The molecule has 0 aliphatic carbocycles. The largest absolute Gasteiger partial charge is 0.322 e. The molecule has 7 heteroatoms. The molecular weight excluding hydrogens is 360 g/mol. The molecule has 0 aromatic heterocycles. The Morgan fingerprint density at radius 3 is 2.48 bits per heavy atom. The second-order valence-electron chi connectivity index (χ2n) is 4.21. The number of amides is 1. The van der Waals surface area contributed by atoms with E-state index < -0.39 is 4.92 Å². The molecule has 0 saturated heterocycles. The van der Waals surface area contributed by atoms with Gasteiger partial charge in [-0.1, -0.05) is 12.1 Å². The molecule has 108 valence electrons. The molecule has 0 radical (unpaired) electrons. The van der Waals surface area contributed by atoms with Crippen LogP contribution in [0.3, 0.4) is 0 Å². The number of nitro groups is 1. The minimum Gasteiger partial charge on any atom is -0.322 e. The van der Waals surface area contributed by atoms with E-state index in [4.69, 9.17) is 11.6 Å². The van der Waals surface area contributed by atoms with Crippen LogP contribution in [0, 0.1) is 10.1 Å². The molecule has 21 heavy (non-hydrogen) atoms. The van der Waals surface area contributed by atoms with Crippen LogP contribution < -0.4 is 5.32 Å². The molecule has 2 rings (SSSR count). The van der Waals surface area contributed by atoms with E-state index in [0.29, 0.717) is 21.6 Å². The Labute approximate surface area is 134 Å². The predicted molar refractivity (Wildman–Crippen MR) is 84.7 cm³/mol. The van der Waals surface area contributed by atoms with Gasteiger partial charge >= 0.3 is 0 Å². The summed E-state index contributed by atoms with van der Waals surface area (Å²) in [5, 5.41) is 13.5. The molecule has 0 aliphatic rings. The van der Waals surface area contributed by atoms with E-state index in [1.165, 1.54) is 12.1 Å². The summed E-state index contributed by atoms with van der Waals surface area (Å²) in [7, 11) is 0. The van der Waals surface area contributed by atoms with Gasteiger partial charge in [-0.25, -0.2) is 0 Å². The monoisotopic (exact) mass is 368 g/mol. The molecule has 0 bridgehead atoms. The van der Waals surface area contributed by atoms with E-state index in [1.807, 2.05) is 0 Å². The molecule has 0 aliphatic heterocycles. The van der Waals surface area contributed by atoms with Gasteiger partial charge in [0.1, 0.15) is 0 Å². The van der Waals surface area contributed by atoms with Crippen molar-refractivity contribution < 1.29 is 9.72 Å². The predicted octanol–water partition coefficient (Wildman–Crippen LogP) is 4.35. The van der Waals surface area contributed by atoms with Gasteiger partial charge < -0.3 is 5.32 Å². The van der Waals surface area contributed by atoms with Gasteiger partial charge in [-0.05, 0) is 45.8 Å². The molecule has 2 aromatic rings. The Balaban J connectivity index is 2.19. The Kier molecular flexibility index (Phi) is 4.93. The molecule has 2 aromatic carbocycles. The van der Waals surface area contributed by atoms with E-state index in [9.17, 15) is 14.9 Å². The third-order valence-corrected chi connectivity index (χ3v) is 3.75. The Bertz CT molecular complexity index is 689. The fourth-order valence-corrected chi connectivity index (χ4v) is 2.25. The first-order chi connectivity index (χ1) is 10.0. The van der Waals surface area contributed by atoms with Crippen molar-refractivity contribution in [3.05, 3.63) is 68.2 Å². The number of rotatable bonds is 4. The lowest BCUT2D eigenvalue weighted by atomic mass is 10.1. The Morgan fingerprint density at radius 2 is 1.90 bits per heavy atom. The minimum absolute atomic E-state index is 0.106. The van der Waals surface area contributed by atoms with Crippen molar-refractivity contribution in [2.45, 2.75) is 5.88 Å². The first kappa shape index (κ1) is 15.5. The number of anilines is 1. The SMILES string of the molecule is O=C(Nc1ccc(Br)c([N+](=O)[O-])c1)c1ccc(CCl)cc1. The highest BCUT2D eigenvalue weighted by molar-refractivity contribution is 9.10. The summed E-state index contributed by atoms with van der Waals surface area (Å²) in [6, 6.07) is 11.2. The van der Waals surface area contributed by atoms with Crippen molar-refractivity contribution in [1.82, 2.24) is 0 Å². The van der Waals surface area contributed by atoms with Crippen molar-refractivity contribution in [2.24, 2.45) is 0 Å². The van der Waals surface area contributed by atoms with E-state index in [1.54, 1.807) is 30.3 Å². The molecule has 0 atom stereocenters. The molecule has 0 heterocycles. The van der Waals surface area contributed by atoms with Crippen LogP contribution in [0.4, 0.5) is 11.4 Å². The third-order valence-electron chi connectivity index (χ3n) is 2.77. The van der Waals surface area contributed by atoms with Crippen LogP contribution in [0.25, 0.3) is 0 Å². The second kappa shape index (κ2) is 6.69. The fraction of sp³-hybridized carbons (Fsp3) is 0.0714. The summed E-state index contributed by atoms with van der Waals surface area (Å²) in [5.41, 5.74) is 1.61. The van der Waals surface area contributed by atoms with E-state index in [0.717, 1.165) is 5.56 Å². The first-order valence-electron chi connectivity index (χ1n) is 5.91. The highest BCUT2D eigenvalue weighted by Gasteiger charge is 2.14. The van der Waals surface area contributed by atoms with E-state index in [-0.39, 0.29) is 11.6 Å². The summed E-state index contributed by atoms with van der Waals surface area (Å²) in [4.78, 5) is 22.4. The number of carbonyl (C=O) groups excluding carboxylic acids is 1. The number of halogens is 2. The second-order valence-corrected chi connectivity index (χ2v) is 5.33. The normalized spacial score (nSPS) is 10.2. The summed E-state index contributed by atoms with van der Waals surface area (Å²) >= 11 is 8.77. The number of carbonyl (C=O) groups is 1. The van der Waals surface area contributed by atoms with Crippen LogP contribution >= 0.6 is 27.5 Å². The number of hydrogen-bond acceptors (Lipinski definition) is 3. The van der Waals surface area contributed by atoms with Crippen LogP contribution in [-0.2, 0) is 5.88 Å². The van der Waals surface area contributed by atoms with E-state index in [2.05, 4.69) is 21.2 Å². The molecule has 0 spiro atoms. The van der Waals surface area contributed by atoms with Crippen molar-refractivity contribution >= 4 is 44.8 Å². The van der Waals surface area contributed by atoms with Gasteiger partial charge in [-0.15, -0.1) is 11.6 Å². The van der Waals surface area contributed by atoms with Crippen LogP contribution in [0.1, 0.15) is 15.9 Å². The van der Waals surface area contributed by atoms with Crippen LogP contribution in [0.5, 0.6) is 0 Å². The first-order valence-corrected chi connectivity index (χ1v) is 7.24. The van der Waals surface area contributed by atoms with Crippen molar-refractivity contribution in [3.63, 3.8) is 0 Å². The van der Waals surface area contributed by atoms with Gasteiger partial charge in [0.2, 0.25) is 0 Å². The maximum atomic E-state index is 12.1. The van der Waals surface area contributed by atoms with Gasteiger partial charge in [0.05, 0.1) is 9.40 Å². The maximum Gasteiger partial charge on any atom is 0.285 e. The zero-order valence-corrected chi connectivity index (χ0v) is 13.0. The molecule has 1 amide bonds. The van der Waals surface area contributed by atoms with Crippen LogP contribution in [0.2, 0.25) is 0 Å². The lowest BCUT2D eigenvalue weighted by molar-refractivity contribution is -0.385. The van der Waals surface area contributed by atoms with Gasteiger partial charge in [-0.2, -0.15) is 0 Å². The number of nitrogens with one attached hydrogen (secondary N) is 1. The van der Waals surface area contributed by atoms with Gasteiger partial charge in [0.15, 0.2) is 0 Å². The Hall–Kier alpha value is -1.92. The average Bonchev–Trinajstić information content (AvgIpc) is 2.49.